The van der Waals surface area contributed by atoms with Gasteiger partial charge < -0.3 is 0 Å². The minimum Gasteiger partial charge on any atom is -0.101 e. The minimum atomic E-state index is -0.588. The van der Waals surface area contributed by atoms with Gasteiger partial charge in [-0.25, -0.2) is 0 Å². The van der Waals surface area contributed by atoms with Crippen LogP contribution in [0, 0.1) is 0 Å². The Morgan fingerprint density at radius 3 is 1.08 bits per heavy atom. The van der Waals surface area contributed by atoms with Crippen molar-refractivity contribution in [1.29, 1.82) is 0 Å². The lowest BCUT2D eigenvalue weighted by Crippen LogP contribution is -2.65. The summed E-state index contributed by atoms with van der Waals surface area (Å²) in [5.74, 6) is 0. The average Bonchev–Trinajstić information content (AvgIpc) is 1.85. The third-order valence-electron chi connectivity index (χ3n) is 2.10. The van der Waals surface area contributed by atoms with Crippen LogP contribution >= 0.6 is 0 Å². The molecule has 0 spiro atoms. The zero-order valence-electron chi connectivity index (χ0n) is 7.35. The van der Waals surface area contributed by atoms with Gasteiger partial charge in [0.1, 0.15) is 0 Å². The standard InChI is InChI=1S/CH3B11/c1-8(9(2)3)12(10(4)5)11(6)7/h1H3. The SMILES string of the molecule is [B]B([B])B(C)B(B([B])[B])B([B])[B]. The molecule has 12 heavy (non-hydrogen) atoms. The summed E-state index contributed by atoms with van der Waals surface area (Å²) in [6, 6.07) is 0. The van der Waals surface area contributed by atoms with Gasteiger partial charge in [0.15, 0.2) is 0 Å². The maximum Gasteiger partial charge on any atom is 0.0413 e. The van der Waals surface area contributed by atoms with Crippen LogP contribution in [0.3, 0.4) is 0 Å². The molecule has 0 nitrogen and oxygen atoms in total. The highest BCUT2D eigenvalue weighted by Crippen LogP contribution is 1.95. The first-order valence-corrected chi connectivity index (χ1v) is 3.91. The Balaban J connectivity index is 4.30. The van der Waals surface area contributed by atoms with E-state index in [1.807, 2.05) is 6.82 Å². The summed E-state index contributed by atoms with van der Waals surface area (Å²) in [4.78, 5) is 0. The molecule has 0 saturated carbocycles. The molecule has 0 aromatic carbocycles. The van der Waals surface area contributed by atoms with E-state index in [2.05, 4.69) is 0 Å². The average molecular weight is 134 g/mol. The van der Waals surface area contributed by atoms with Crippen LogP contribution in [-0.2, 0) is 0 Å². The van der Waals surface area contributed by atoms with Crippen LogP contribution in [0.5, 0.6) is 0 Å². The monoisotopic (exact) mass is 136 g/mol. The zero-order chi connectivity index (χ0) is 9.89. The molecule has 40 valence electrons. The maximum atomic E-state index is 5.48. The Hall–Kier alpha value is 0.714. The molecule has 0 atom stereocenters. The zero-order valence-corrected chi connectivity index (χ0v) is 7.35. The van der Waals surface area contributed by atoms with E-state index < -0.39 is 19.2 Å². The molecule has 0 heterocycles. The summed E-state index contributed by atoms with van der Waals surface area (Å²) in [5.41, 5.74) is 0. The molecule has 0 unspecified atom stereocenters. The van der Waals surface area contributed by atoms with Gasteiger partial charge in [-0.15, -0.1) is 6.82 Å². The highest BCUT2D eigenvalue weighted by atomic mass is 13.2. The first kappa shape index (κ1) is 12.7. The minimum absolute atomic E-state index is 0.0926. The fourth-order valence-corrected chi connectivity index (χ4v) is 1.21. The van der Waals surface area contributed by atoms with Crippen LogP contribution in [0.4, 0.5) is 0 Å². The second kappa shape index (κ2) is 5.45. The van der Waals surface area contributed by atoms with E-state index >= 15 is 0 Å². The van der Waals surface area contributed by atoms with Crippen molar-refractivity contribution in [2.45, 2.75) is 6.82 Å². The van der Waals surface area contributed by atoms with E-state index in [9.17, 15) is 0 Å². The summed E-state index contributed by atoms with van der Waals surface area (Å²) in [5, 5.41) is 0. The van der Waals surface area contributed by atoms with E-state index in [0.29, 0.717) is 0 Å². The predicted octanol–water partition coefficient (Wildman–Crippen LogP) is -3.60. The molecule has 0 rings (SSSR count). The van der Waals surface area contributed by atoms with Crippen molar-refractivity contribution in [3.63, 3.8) is 0 Å². The van der Waals surface area contributed by atoms with Crippen LogP contribution in [0.2, 0.25) is 6.82 Å². The third kappa shape index (κ3) is 3.62. The fourth-order valence-electron chi connectivity index (χ4n) is 1.21. The summed E-state index contributed by atoms with van der Waals surface area (Å²) in [6.45, 7) is 1.74. The first-order valence-electron chi connectivity index (χ1n) is 3.91. The lowest BCUT2D eigenvalue weighted by Gasteiger charge is -2.28. The molecule has 0 bridgehead atoms. The smallest absolute Gasteiger partial charge is 0.0413 e. The number of hydrogen-bond acceptors (Lipinski definition) is 0. The molecule has 0 fully saturated rings. The lowest BCUT2D eigenvalue weighted by atomic mass is 8.55. The highest BCUT2D eigenvalue weighted by Gasteiger charge is 2.30. The molecule has 12 radical (unpaired) electrons. The summed E-state index contributed by atoms with van der Waals surface area (Å²) in [6.07, 6.45) is -1.94. The molecular formula is CH3B11. The van der Waals surface area contributed by atoms with Gasteiger partial charge in [-0.3, -0.25) is 0 Å². The van der Waals surface area contributed by atoms with Gasteiger partial charge in [0.2, 0.25) is 0 Å². The fraction of sp³-hybridized carbons (Fsp3) is 1.00. The molecule has 0 N–H and O–H groups in total. The molecule has 11 heteroatoms. The van der Waals surface area contributed by atoms with E-state index in [0.717, 1.165) is 0 Å². The van der Waals surface area contributed by atoms with E-state index in [-0.39, 0.29) is 12.9 Å². The van der Waals surface area contributed by atoms with Crippen LogP contribution in [0.1, 0.15) is 0 Å². The molecule has 0 aliphatic carbocycles. The quantitative estimate of drug-likeness (QED) is 0.348. The Morgan fingerprint density at radius 2 is 1.00 bits per heavy atom. The van der Waals surface area contributed by atoms with Crippen LogP contribution in [0.25, 0.3) is 0 Å². The first-order chi connectivity index (χ1) is 5.37. The van der Waals surface area contributed by atoms with Crippen molar-refractivity contribution in [3.05, 3.63) is 0 Å². The van der Waals surface area contributed by atoms with Gasteiger partial charge in [-0.05, 0) is 0 Å². The summed E-state index contributed by atoms with van der Waals surface area (Å²) in [7, 11) is 32.9. The van der Waals surface area contributed by atoms with Crippen LogP contribution < -0.4 is 0 Å². The third-order valence-corrected chi connectivity index (χ3v) is 2.10. The topological polar surface area (TPSA) is 0 Å². The van der Waals surface area contributed by atoms with Gasteiger partial charge in [-0.1, -0.05) is 0 Å². The highest BCUT2D eigenvalue weighted by molar-refractivity contribution is 8.00. The molecule has 0 aromatic heterocycles. The van der Waals surface area contributed by atoms with Gasteiger partial charge in [-0.2, -0.15) is 0 Å². The van der Waals surface area contributed by atoms with Gasteiger partial charge >= 0.3 is 0 Å². The van der Waals surface area contributed by atoms with Crippen molar-refractivity contribution in [3.8, 4) is 0 Å². The van der Waals surface area contributed by atoms with E-state index in [4.69, 9.17) is 46.4 Å². The van der Waals surface area contributed by atoms with E-state index in [1.165, 1.54) is 0 Å². The summed E-state index contributed by atoms with van der Waals surface area (Å²) >= 11 is 0. The number of hydrogen-bond donors (Lipinski definition) is 0. The molecule has 0 aliphatic rings. The van der Waals surface area contributed by atoms with Crippen LogP contribution in [-0.4, -0.2) is 78.5 Å². The van der Waals surface area contributed by atoms with Crippen LogP contribution in [0.15, 0.2) is 0 Å². The van der Waals surface area contributed by atoms with Crippen molar-refractivity contribution >= 4 is 78.5 Å². The van der Waals surface area contributed by atoms with Gasteiger partial charge in [0.25, 0.3) is 0 Å². The predicted molar refractivity (Wildman–Crippen MR) is 69.2 cm³/mol. The molecular weight excluding hydrogens is 131 g/mol. The molecule has 0 saturated heterocycles. The Morgan fingerprint density at radius 1 is 0.667 bits per heavy atom. The molecule has 0 aromatic rings. The largest absolute Gasteiger partial charge is 0.101 e. The Labute approximate surface area is 85.6 Å². The van der Waals surface area contributed by atoms with Crippen molar-refractivity contribution in [2.75, 3.05) is 0 Å². The normalized spacial score (nSPS) is 8.75. The van der Waals surface area contributed by atoms with Gasteiger partial charge in [0.05, 0.1) is 0 Å². The molecule has 0 amide bonds. The molecule has 0 aliphatic heterocycles. The Kier molecular flexibility index (Phi) is 5.77. The van der Waals surface area contributed by atoms with Gasteiger partial charge in [0, 0.05) is 78.5 Å². The Bertz CT molecular complexity index is 108. The van der Waals surface area contributed by atoms with Crippen molar-refractivity contribution < 1.29 is 0 Å². The van der Waals surface area contributed by atoms with Crippen molar-refractivity contribution in [1.82, 2.24) is 0 Å². The lowest BCUT2D eigenvalue weighted by molar-refractivity contribution is 2.32. The maximum absolute atomic E-state index is 5.48. The van der Waals surface area contributed by atoms with E-state index in [1.54, 1.807) is 0 Å². The number of rotatable bonds is 4. The second-order valence-electron chi connectivity index (χ2n) is 3.17. The van der Waals surface area contributed by atoms with Crippen molar-refractivity contribution in [2.24, 2.45) is 0 Å². The summed E-state index contributed by atoms with van der Waals surface area (Å²) < 4.78 is 0. The second-order valence-corrected chi connectivity index (χ2v) is 3.17.